The van der Waals surface area contributed by atoms with Crippen molar-refractivity contribution >= 4 is 23.9 Å². The molecule has 0 unspecified atom stereocenters. The molecule has 0 saturated heterocycles. The molecule has 0 spiro atoms. The first-order chi connectivity index (χ1) is 9.28. The standard InChI is InChI=1S/C12H18O8/c1-8(13)20-12(5-9(14)17-2,6-10(15)18-3)7-11(16)19-4/h5-7H2,1-4H3. The van der Waals surface area contributed by atoms with Gasteiger partial charge in [-0.05, 0) is 0 Å². The van der Waals surface area contributed by atoms with Crippen molar-refractivity contribution in [2.75, 3.05) is 21.3 Å². The van der Waals surface area contributed by atoms with Gasteiger partial charge in [0.2, 0.25) is 0 Å². The van der Waals surface area contributed by atoms with Crippen molar-refractivity contribution in [3.8, 4) is 0 Å². The first-order valence-electron chi connectivity index (χ1n) is 5.68. The van der Waals surface area contributed by atoms with Gasteiger partial charge in [-0.2, -0.15) is 0 Å². The van der Waals surface area contributed by atoms with E-state index in [1.54, 1.807) is 0 Å². The molecule has 0 amide bonds. The van der Waals surface area contributed by atoms with E-state index in [2.05, 4.69) is 14.2 Å². The Bertz CT molecular complexity index is 341. The first-order valence-corrected chi connectivity index (χ1v) is 5.68. The Morgan fingerprint density at radius 3 is 1.25 bits per heavy atom. The van der Waals surface area contributed by atoms with Crippen LogP contribution in [0, 0.1) is 0 Å². The largest absolute Gasteiger partial charge is 0.469 e. The van der Waals surface area contributed by atoms with E-state index in [0.29, 0.717) is 0 Å². The lowest BCUT2D eigenvalue weighted by atomic mass is 9.91. The van der Waals surface area contributed by atoms with Crippen LogP contribution in [0.1, 0.15) is 26.2 Å². The molecule has 0 atom stereocenters. The molecule has 0 aromatic carbocycles. The van der Waals surface area contributed by atoms with Crippen molar-refractivity contribution in [1.82, 2.24) is 0 Å². The second kappa shape index (κ2) is 8.13. The number of carbonyl (C=O) groups is 4. The average Bonchev–Trinajstić information content (AvgIpc) is 2.36. The lowest BCUT2D eigenvalue weighted by Gasteiger charge is -2.30. The van der Waals surface area contributed by atoms with Crippen LogP contribution in [0.3, 0.4) is 0 Å². The summed E-state index contributed by atoms with van der Waals surface area (Å²) in [5, 5.41) is 0. The van der Waals surface area contributed by atoms with Crippen molar-refractivity contribution in [3.05, 3.63) is 0 Å². The number of carbonyl (C=O) groups excluding carboxylic acids is 4. The highest BCUT2D eigenvalue weighted by Crippen LogP contribution is 2.27. The summed E-state index contributed by atoms with van der Waals surface area (Å²) in [7, 11) is 3.41. The van der Waals surface area contributed by atoms with Gasteiger partial charge < -0.3 is 18.9 Å². The molecule has 0 saturated carbocycles. The second-order valence-corrected chi connectivity index (χ2v) is 4.04. The highest BCUT2D eigenvalue weighted by Gasteiger charge is 2.42. The van der Waals surface area contributed by atoms with Crippen LogP contribution in [0.2, 0.25) is 0 Å². The summed E-state index contributed by atoms with van der Waals surface area (Å²) in [6.45, 7) is 1.10. The van der Waals surface area contributed by atoms with E-state index in [1.165, 1.54) is 0 Å². The highest BCUT2D eigenvalue weighted by atomic mass is 16.6. The third kappa shape index (κ3) is 6.17. The minimum Gasteiger partial charge on any atom is -0.469 e. The summed E-state index contributed by atoms with van der Waals surface area (Å²) in [6, 6.07) is 0. The fourth-order valence-corrected chi connectivity index (χ4v) is 1.61. The number of hydrogen-bond donors (Lipinski definition) is 0. The van der Waals surface area contributed by atoms with Gasteiger partial charge in [0.05, 0.1) is 40.6 Å². The fraction of sp³-hybridized carbons (Fsp3) is 0.667. The first kappa shape index (κ1) is 17.9. The van der Waals surface area contributed by atoms with E-state index in [9.17, 15) is 19.2 Å². The zero-order chi connectivity index (χ0) is 15.8. The molecule has 0 bridgehead atoms. The van der Waals surface area contributed by atoms with Crippen LogP contribution in [-0.2, 0) is 38.1 Å². The molecule has 0 aliphatic rings. The summed E-state index contributed by atoms with van der Waals surface area (Å²) >= 11 is 0. The van der Waals surface area contributed by atoms with Crippen molar-refractivity contribution in [3.63, 3.8) is 0 Å². The molecule has 0 aliphatic heterocycles. The number of methoxy groups -OCH3 is 3. The van der Waals surface area contributed by atoms with Crippen LogP contribution in [0.15, 0.2) is 0 Å². The van der Waals surface area contributed by atoms with Gasteiger partial charge in [-0.25, -0.2) is 0 Å². The predicted octanol–water partition coefficient (Wildman–Crippen LogP) is -0.0224. The Labute approximate surface area is 116 Å². The second-order valence-electron chi connectivity index (χ2n) is 4.04. The summed E-state index contributed by atoms with van der Waals surface area (Å²) in [4.78, 5) is 45.5. The van der Waals surface area contributed by atoms with E-state index >= 15 is 0 Å². The monoisotopic (exact) mass is 290 g/mol. The summed E-state index contributed by atoms with van der Waals surface area (Å²) < 4.78 is 18.5. The molecular formula is C12H18O8. The Morgan fingerprint density at radius 2 is 1.05 bits per heavy atom. The van der Waals surface area contributed by atoms with Crippen LogP contribution in [-0.4, -0.2) is 50.8 Å². The van der Waals surface area contributed by atoms with Crippen molar-refractivity contribution < 1.29 is 38.1 Å². The number of hydrogen-bond acceptors (Lipinski definition) is 8. The quantitative estimate of drug-likeness (QED) is 0.475. The van der Waals surface area contributed by atoms with Crippen molar-refractivity contribution in [2.24, 2.45) is 0 Å². The molecule has 8 nitrogen and oxygen atoms in total. The van der Waals surface area contributed by atoms with Gasteiger partial charge in [0.15, 0.2) is 0 Å². The number of esters is 4. The lowest BCUT2D eigenvalue weighted by Crippen LogP contribution is -2.42. The third-order valence-corrected chi connectivity index (χ3v) is 2.44. The molecule has 0 radical (unpaired) electrons. The smallest absolute Gasteiger partial charge is 0.309 e. The predicted molar refractivity (Wildman–Crippen MR) is 64.4 cm³/mol. The maximum atomic E-state index is 11.4. The van der Waals surface area contributed by atoms with Gasteiger partial charge in [0.25, 0.3) is 0 Å². The zero-order valence-electron chi connectivity index (χ0n) is 11.9. The van der Waals surface area contributed by atoms with Crippen LogP contribution >= 0.6 is 0 Å². The molecule has 20 heavy (non-hydrogen) atoms. The van der Waals surface area contributed by atoms with Gasteiger partial charge in [-0.15, -0.1) is 0 Å². The normalized spacial score (nSPS) is 10.4. The molecule has 0 heterocycles. The van der Waals surface area contributed by atoms with E-state index in [1.807, 2.05) is 0 Å². The van der Waals surface area contributed by atoms with E-state index in [-0.39, 0.29) is 0 Å². The molecule has 114 valence electrons. The number of rotatable bonds is 7. The molecule has 0 fully saturated rings. The maximum absolute atomic E-state index is 11.4. The van der Waals surface area contributed by atoms with Crippen molar-refractivity contribution in [2.45, 2.75) is 31.8 Å². The van der Waals surface area contributed by atoms with E-state index in [0.717, 1.165) is 28.3 Å². The van der Waals surface area contributed by atoms with E-state index < -0.39 is 48.7 Å². The third-order valence-electron chi connectivity index (χ3n) is 2.44. The van der Waals surface area contributed by atoms with Gasteiger partial charge in [-0.3, -0.25) is 19.2 Å². The molecular weight excluding hydrogens is 272 g/mol. The summed E-state index contributed by atoms with van der Waals surface area (Å²) in [5.74, 6) is -2.96. The van der Waals surface area contributed by atoms with Gasteiger partial charge in [-0.1, -0.05) is 0 Å². The van der Waals surface area contributed by atoms with E-state index in [4.69, 9.17) is 4.74 Å². The van der Waals surface area contributed by atoms with Gasteiger partial charge in [0, 0.05) is 6.92 Å². The molecule has 0 aromatic heterocycles. The molecule has 0 aromatic rings. The van der Waals surface area contributed by atoms with Crippen LogP contribution in [0.4, 0.5) is 0 Å². The van der Waals surface area contributed by atoms with Gasteiger partial charge >= 0.3 is 23.9 Å². The van der Waals surface area contributed by atoms with Crippen LogP contribution < -0.4 is 0 Å². The summed E-state index contributed by atoms with van der Waals surface area (Å²) in [5.41, 5.74) is -1.68. The Hall–Kier alpha value is -2.12. The molecule has 0 N–H and O–H groups in total. The SMILES string of the molecule is COC(=O)CC(CC(=O)OC)(CC(=O)OC)OC(C)=O. The zero-order valence-corrected chi connectivity index (χ0v) is 11.9. The summed E-state index contributed by atoms with van der Waals surface area (Å²) in [6.07, 6.45) is -1.40. The topological polar surface area (TPSA) is 105 Å². The van der Waals surface area contributed by atoms with Gasteiger partial charge in [0.1, 0.15) is 5.60 Å². The molecule has 0 aliphatic carbocycles. The van der Waals surface area contributed by atoms with Crippen LogP contribution in [0.5, 0.6) is 0 Å². The molecule has 0 rings (SSSR count). The molecule has 8 heteroatoms. The Morgan fingerprint density at radius 1 is 0.750 bits per heavy atom. The fourth-order valence-electron chi connectivity index (χ4n) is 1.61. The average molecular weight is 290 g/mol. The van der Waals surface area contributed by atoms with Crippen molar-refractivity contribution in [1.29, 1.82) is 0 Å². The van der Waals surface area contributed by atoms with Crippen LogP contribution in [0.25, 0.3) is 0 Å². The highest BCUT2D eigenvalue weighted by molar-refractivity contribution is 5.80. The maximum Gasteiger partial charge on any atom is 0.309 e. The minimum absolute atomic E-state index is 0.465. The number of ether oxygens (including phenoxy) is 4. The Kier molecular flexibility index (Phi) is 7.27. The lowest BCUT2D eigenvalue weighted by molar-refractivity contribution is -0.173. The minimum atomic E-state index is -1.68. The Balaban J connectivity index is 5.35.